The first-order chi connectivity index (χ1) is 12.7. The smallest absolute Gasteiger partial charge is 0.434 e. The number of fused-ring (bicyclic) bond motifs is 3. The summed E-state index contributed by atoms with van der Waals surface area (Å²) in [6.07, 6.45) is -0.0892. The van der Waals surface area contributed by atoms with E-state index < -0.39 is 17.8 Å². The summed E-state index contributed by atoms with van der Waals surface area (Å²) >= 11 is 0. The topological polar surface area (TPSA) is 91.4 Å². The monoisotopic (exact) mass is 385 g/mol. The van der Waals surface area contributed by atoms with E-state index in [0.717, 1.165) is 12.8 Å². The van der Waals surface area contributed by atoms with Crippen LogP contribution in [0, 0.1) is 17.8 Å². The molecule has 0 aliphatic carbocycles. The molecular weight excluding hydrogens is 354 g/mol. The molecule has 0 spiro atoms. The molecule has 0 aromatic heterocycles. The van der Waals surface area contributed by atoms with Crippen LogP contribution in [-0.2, 0) is 23.7 Å². The summed E-state index contributed by atoms with van der Waals surface area (Å²) in [4.78, 5) is 38.6. The molecule has 2 bridgehead atoms. The summed E-state index contributed by atoms with van der Waals surface area (Å²) in [5, 5.41) is 0. The fourth-order valence-corrected chi connectivity index (χ4v) is 3.38. The number of Topliss-reactive ketones (excluding diaryl/α,β-unsaturated/α-hetero) is 1. The van der Waals surface area contributed by atoms with E-state index in [0.29, 0.717) is 13.1 Å². The van der Waals surface area contributed by atoms with E-state index in [1.807, 2.05) is 32.6 Å². The van der Waals surface area contributed by atoms with Crippen molar-refractivity contribution in [3.05, 3.63) is 0 Å². The lowest BCUT2D eigenvalue weighted by Gasteiger charge is -2.51. The number of carbonyl (C=O) groups is 3. The van der Waals surface area contributed by atoms with Crippen LogP contribution in [0.25, 0.3) is 0 Å². The van der Waals surface area contributed by atoms with Gasteiger partial charge in [0.1, 0.15) is 18.8 Å². The number of rotatable bonds is 8. The van der Waals surface area contributed by atoms with Crippen LogP contribution in [0.2, 0.25) is 0 Å². The van der Waals surface area contributed by atoms with Crippen LogP contribution >= 0.6 is 0 Å². The number of piperidine rings is 3. The van der Waals surface area contributed by atoms with Crippen molar-refractivity contribution in [3.63, 3.8) is 0 Å². The first-order valence-electron chi connectivity index (χ1n) is 9.63. The highest BCUT2D eigenvalue weighted by molar-refractivity contribution is 5.92. The van der Waals surface area contributed by atoms with Crippen LogP contribution in [-0.4, -0.2) is 68.0 Å². The summed E-state index contributed by atoms with van der Waals surface area (Å²) in [5.74, 6) is 0.220. The third-order valence-corrected chi connectivity index (χ3v) is 4.86. The summed E-state index contributed by atoms with van der Waals surface area (Å²) in [6, 6.07) is 0. The van der Waals surface area contributed by atoms with Crippen LogP contribution in [0.3, 0.4) is 0 Å². The Kier molecular flexibility index (Phi) is 7.47. The standard InChI is InChI=1S/C19H31NO7/c1-13(2)9-24-17(22)26-11-19(12-27-18(23)25-10-14(3)4)16(21)15-5-7-20(19)8-6-15/h13-15H,5-12H2,1-4H3. The van der Waals surface area contributed by atoms with Gasteiger partial charge < -0.3 is 18.9 Å². The van der Waals surface area contributed by atoms with Crippen LogP contribution in [0.1, 0.15) is 40.5 Å². The molecule has 3 aliphatic heterocycles. The Morgan fingerprint density at radius 3 is 1.74 bits per heavy atom. The van der Waals surface area contributed by atoms with E-state index in [-0.39, 0.29) is 50.0 Å². The Hall–Kier alpha value is -1.83. The predicted molar refractivity (Wildman–Crippen MR) is 96.3 cm³/mol. The minimum absolute atomic E-state index is 0.0479. The number of nitrogens with zero attached hydrogens (tertiary/aromatic N) is 1. The second-order valence-corrected chi connectivity index (χ2v) is 8.14. The number of ketones is 1. The van der Waals surface area contributed by atoms with E-state index in [9.17, 15) is 14.4 Å². The van der Waals surface area contributed by atoms with Gasteiger partial charge >= 0.3 is 12.3 Å². The molecule has 0 unspecified atom stereocenters. The van der Waals surface area contributed by atoms with Gasteiger partial charge in [0.15, 0.2) is 5.78 Å². The maximum Gasteiger partial charge on any atom is 0.508 e. The summed E-state index contributed by atoms with van der Waals surface area (Å²) in [7, 11) is 0. The first-order valence-corrected chi connectivity index (χ1v) is 9.63. The average Bonchev–Trinajstić information content (AvgIpc) is 2.64. The summed E-state index contributed by atoms with van der Waals surface area (Å²) in [5.41, 5.74) is -1.16. The lowest BCUT2D eigenvalue weighted by atomic mass is 9.74. The maximum absolute atomic E-state index is 13.0. The van der Waals surface area contributed by atoms with Gasteiger partial charge in [-0.05, 0) is 24.7 Å². The Morgan fingerprint density at radius 2 is 1.37 bits per heavy atom. The fraction of sp³-hybridized carbons (Fsp3) is 0.842. The highest BCUT2D eigenvalue weighted by Crippen LogP contribution is 2.37. The Bertz CT molecular complexity index is 510. The SMILES string of the molecule is CC(C)COC(=O)OCC1(COC(=O)OCC(C)C)C(=O)C2CCN1CC2. The van der Waals surface area contributed by atoms with Crippen molar-refractivity contribution in [1.29, 1.82) is 0 Å². The van der Waals surface area contributed by atoms with Crippen LogP contribution in [0.5, 0.6) is 0 Å². The van der Waals surface area contributed by atoms with Gasteiger partial charge in [0, 0.05) is 19.0 Å². The van der Waals surface area contributed by atoms with Crippen LogP contribution in [0.4, 0.5) is 9.59 Å². The van der Waals surface area contributed by atoms with Gasteiger partial charge in [-0.2, -0.15) is 0 Å². The molecule has 3 heterocycles. The molecule has 0 saturated carbocycles. The maximum atomic E-state index is 13.0. The Balaban J connectivity index is 2.00. The van der Waals surface area contributed by atoms with Gasteiger partial charge in [-0.15, -0.1) is 0 Å². The second-order valence-electron chi connectivity index (χ2n) is 8.14. The van der Waals surface area contributed by atoms with E-state index in [4.69, 9.17) is 18.9 Å². The van der Waals surface area contributed by atoms with Gasteiger partial charge in [-0.3, -0.25) is 9.69 Å². The molecule has 0 radical (unpaired) electrons. The van der Waals surface area contributed by atoms with Gasteiger partial charge in [-0.1, -0.05) is 27.7 Å². The number of hydrogen-bond acceptors (Lipinski definition) is 8. The van der Waals surface area contributed by atoms with Crippen molar-refractivity contribution in [2.24, 2.45) is 17.8 Å². The molecule has 0 amide bonds. The molecule has 8 heteroatoms. The molecule has 8 nitrogen and oxygen atoms in total. The zero-order valence-corrected chi connectivity index (χ0v) is 16.7. The second kappa shape index (κ2) is 9.39. The molecule has 0 N–H and O–H groups in total. The van der Waals surface area contributed by atoms with E-state index in [2.05, 4.69) is 0 Å². The molecule has 154 valence electrons. The van der Waals surface area contributed by atoms with Crippen molar-refractivity contribution in [1.82, 2.24) is 4.90 Å². The number of ether oxygens (including phenoxy) is 4. The zero-order valence-electron chi connectivity index (χ0n) is 16.7. The summed E-state index contributed by atoms with van der Waals surface area (Å²) < 4.78 is 20.5. The van der Waals surface area contributed by atoms with E-state index in [1.165, 1.54) is 0 Å². The van der Waals surface area contributed by atoms with Crippen molar-refractivity contribution in [2.75, 3.05) is 39.5 Å². The molecule has 3 aliphatic rings. The van der Waals surface area contributed by atoms with Crippen molar-refractivity contribution >= 4 is 18.1 Å². The normalized spacial score (nSPS) is 23.4. The quantitative estimate of drug-likeness (QED) is 0.589. The minimum Gasteiger partial charge on any atom is -0.434 e. The minimum atomic E-state index is -1.16. The third kappa shape index (κ3) is 5.57. The lowest BCUT2D eigenvalue weighted by Crippen LogP contribution is -2.69. The van der Waals surface area contributed by atoms with Gasteiger partial charge in [-0.25, -0.2) is 9.59 Å². The van der Waals surface area contributed by atoms with E-state index in [1.54, 1.807) is 0 Å². The third-order valence-electron chi connectivity index (χ3n) is 4.86. The highest BCUT2D eigenvalue weighted by Gasteiger charge is 2.55. The van der Waals surface area contributed by atoms with Crippen LogP contribution in [0.15, 0.2) is 0 Å². The van der Waals surface area contributed by atoms with Crippen molar-refractivity contribution < 1.29 is 33.3 Å². The molecule has 3 fully saturated rings. The lowest BCUT2D eigenvalue weighted by molar-refractivity contribution is -0.158. The van der Waals surface area contributed by atoms with Crippen molar-refractivity contribution in [3.8, 4) is 0 Å². The molecule has 3 rings (SSSR count). The molecule has 0 aromatic rings. The van der Waals surface area contributed by atoms with Gasteiger partial charge in [0.25, 0.3) is 0 Å². The Labute approximate surface area is 160 Å². The number of hydrogen-bond donors (Lipinski definition) is 0. The van der Waals surface area contributed by atoms with E-state index >= 15 is 0 Å². The molecular formula is C19H31NO7. The predicted octanol–water partition coefficient (Wildman–Crippen LogP) is 2.64. The van der Waals surface area contributed by atoms with Gasteiger partial charge in [0.2, 0.25) is 0 Å². The highest BCUT2D eigenvalue weighted by atomic mass is 16.7. The number of carbonyl (C=O) groups excluding carboxylic acids is 3. The first kappa shape index (κ1) is 21.5. The molecule has 0 atom stereocenters. The fourth-order valence-electron chi connectivity index (χ4n) is 3.38. The average molecular weight is 385 g/mol. The largest absolute Gasteiger partial charge is 0.508 e. The molecule has 0 aromatic carbocycles. The summed E-state index contributed by atoms with van der Waals surface area (Å²) in [6.45, 7) is 9.15. The van der Waals surface area contributed by atoms with Crippen molar-refractivity contribution in [2.45, 2.75) is 46.1 Å². The molecule has 3 saturated heterocycles. The Morgan fingerprint density at radius 1 is 0.926 bits per heavy atom. The van der Waals surface area contributed by atoms with Gasteiger partial charge in [0.05, 0.1) is 13.2 Å². The zero-order chi connectivity index (χ0) is 20.0. The molecule has 27 heavy (non-hydrogen) atoms. The van der Waals surface area contributed by atoms with Crippen LogP contribution < -0.4 is 0 Å².